The molecule has 1 unspecified atom stereocenters. The molecule has 6 nitrogen and oxygen atoms in total. The van der Waals surface area contributed by atoms with Crippen molar-refractivity contribution in [2.24, 2.45) is 5.92 Å². The van der Waals surface area contributed by atoms with Crippen LogP contribution in [0.3, 0.4) is 0 Å². The van der Waals surface area contributed by atoms with Crippen LogP contribution in [0.5, 0.6) is 5.75 Å². The van der Waals surface area contributed by atoms with Crippen LogP contribution in [0.4, 0.5) is 0 Å². The van der Waals surface area contributed by atoms with Gasteiger partial charge in [0.05, 0.1) is 19.4 Å². The number of nitrogens with zero attached hydrogens (tertiary/aromatic N) is 2. The van der Waals surface area contributed by atoms with E-state index in [0.717, 1.165) is 23.3 Å². The lowest BCUT2D eigenvalue weighted by Gasteiger charge is -2.37. The summed E-state index contributed by atoms with van der Waals surface area (Å²) in [6.45, 7) is 5.19. The van der Waals surface area contributed by atoms with Gasteiger partial charge in [-0.05, 0) is 59.2 Å². The fraction of sp³-hybridized carbons (Fsp3) is 0.360. The Labute approximate surface area is 192 Å². The fourth-order valence-electron chi connectivity index (χ4n) is 4.20. The molecule has 2 aromatic heterocycles. The van der Waals surface area contributed by atoms with Crippen LogP contribution < -0.4 is 4.74 Å². The zero-order chi connectivity index (χ0) is 22.7. The minimum absolute atomic E-state index is 0.0177. The lowest BCUT2D eigenvalue weighted by Crippen LogP contribution is -2.47. The van der Waals surface area contributed by atoms with E-state index in [-0.39, 0.29) is 36.1 Å². The number of hydrogen-bond donors (Lipinski definition) is 0. The monoisotopic (exact) mass is 452 g/mol. The zero-order valence-corrected chi connectivity index (χ0v) is 19.4. The van der Waals surface area contributed by atoms with Crippen LogP contribution in [0.1, 0.15) is 46.4 Å². The van der Waals surface area contributed by atoms with Gasteiger partial charge in [0.15, 0.2) is 5.76 Å². The molecule has 1 aromatic carbocycles. The van der Waals surface area contributed by atoms with Crippen molar-refractivity contribution in [2.45, 2.75) is 26.3 Å². The van der Waals surface area contributed by atoms with E-state index in [1.54, 1.807) is 35.5 Å². The summed E-state index contributed by atoms with van der Waals surface area (Å²) in [4.78, 5) is 31.4. The van der Waals surface area contributed by atoms with Gasteiger partial charge < -0.3 is 19.0 Å². The Morgan fingerprint density at radius 2 is 2.00 bits per heavy atom. The highest BCUT2D eigenvalue weighted by Gasteiger charge is 2.34. The second-order valence-corrected chi connectivity index (χ2v) is 9.37. The van der Waals surface area contributed by atoms with E-state index in [1.165, 1.54) is 11.1 Å². The van der Waals surface area contributed by atoms with E-state index in [2.05, 4.69) is 11.4 Å². The van der Waals surface area contributed by atoms with Crippen molar-refractivity contribution in [3.63, 3.8) is 0 Å². The Bertz CT molecular complexity index is 1060. The summed E-state index contributed by atoms with van der Waals surface area (Å²) in [5.74, 6) is 0.933. The molecule has 3 aromatic rings. The number of ether oxygens (including phenoxy) is 1. The van der Waals surface area contributed by atoms with Crippen LogP contribution in [-0.2, 0) is 11.2 Å². The molecule has 0 bridgehead atoms. The summed E-state index contributed by atoms with van der Waals surface area (Å²) in [6, 6.07) is 13.1. The first-order valence-electron chi connectivity index (χ1n) is 10.8. The van der Waals surface area contributed by atoms with Crippen LogP contribution in [0.2, 0.25) is 0 Å². The molecule has 4 rings (SSSR count). The van der Waals surface area contributed by atoms with Gasteiger partial charge in [0.25, 0.3) is 5.91 Å². The summed E-state index contributed by atoms with van der Waals surface area (Å²) in [5, 5.41) is 2.08. The van der Waals surface area contributed by atoms with Gasteiger partial charge in [-0.2, -0.15) is 0 Å². The van der Waals surface area contributed by atoms with Gasteiger partial charge in [0.1, 0.15) is 12.3 Å². The molecule has 32 heavy (non-hydrogen) atoms. The average molecular weight is 453 g/mol. The highest BCUT2D eigenvalue weighted by molar-refractivity contribution is 7.10. The van der Waals surface area contributed by atoms with Crippen molar-refractivity contribution < 1.29 is 18.7 Å². The summed E-state index contributed by atoms with van der Waals surface area (Å²) < 4.78 is 10.6. The van der Waals surface area contributed by atoms with Crippen molar-refractivity contribution in [2.75, 3.05) is 26.7 Å². The molecular formula is C25H28N2O4S. The largest absolute Gasteiger partial charge is 0.497 e. The van der Waals surface area contributed by atoms with E-state index in [0.29, 0.717) is 13.1 Å². The van der Waals surface area contributed by atoms with E-state index in [4.69, 9.17) is 9.15 Å². The summed E-state index contributed by atoms with van der Waals surface area (Å²) in [5.41, 5.74) is 2.19. The van der Waals surface area contributed by atoms with Crippen LogP contribution in [0.25, 0.3) is 0 Å². The van der Waals surface area contributed by atoms with Gasteiger partial charge in [-0.15, -0.1) is 11.3 Å². The van der Waals surface area contributed by atoms with Crippen molar-refractivity contribution in [3.05, 3.63) is 75.9 Å². The van der Waals surface area contributed by atoms with Gasteiger partial charge in [-0.1, -0.05) is 26.0 Å². The molecule has 1 atom stereocenters. The van der Waals surface area contributed by atoms with Crippen molar-refractivity contribution >= 4 is 23.2 Å². The average Bonchev–Trinajstić information content (AvgIpc) is 3.49. The fourth-order valence-corrected chi connectivity index (χ4v) is 5.10. The third kappa shape index (κ3) is 4.58. The van der Waals surface area contributed by atoms with E-state index >= 15 is 0 Å². The minimum atomic E-state index is -0.258. The van der Waals surface area contributed by atoms with Gasteiger partial charge in [0, 0.05) is 18.0 Å². The number of rotatable bonds is 7. The molecule has 0 fully saturated rings. The van der Waals surface area contributed by atoms with Crippen molar-refractivity contribution in [1.29, 1.82) is 0 Å². The summed E-state index contributed by atoms with van der Waals surface area (Å²) in [7, 11) is 1.64. The van der Waals surface area contributed by atoms with Gasteiger partial charge >= 0.3 is 0 Å². The van der Waals surface area contributed by atoms with Crippen LogP contribution >= 0.6 is 11.3 Å². The molecule has 1 aliphatic heterocycles. The minimum Gasteiger partial charge on any atom is -0.497 e. The van der Waals surface area contributed by atoms with Gasteiger partial charge in [0.2, 0.25) is 5.91 Å². The summed E-state index contributed by atoms with van der Waals surface area (Å²) >= 11 is 1.73. The van der Waals surface area contributed by atoms with Crippen LogP contribution in [0, 0.1) is 5.92 Å². The number of hydrogen-bond acceptors (Lipinski definition) is 5. The Hall–Kier alpha value is -3.06. The molecule has 2 amide bonds. The second kappa shape index (κ2) is 9.61. The van der Waals surface area contributed by atoms with Crippen molar-refractivity contribution in [3.8, 4) is 5.75 Å². The van der Waals surface area contributed by atoms with E-state index in [1.807, 2.05) is 43.0 Å². The van der Waals surface area contributed by atoms with Crippen molar-refractivity contribution in [1.82, 2.24) is 9.80 Å². The summed E-state index contributed by atoms with van der Waals surface area (Å²) in [6.07, 6.45) is 2.30. The molecule has 7 heteroatoms. The number of methoxy groups -OCH3 is 1. The normalized spacial score (nSPS) is 15.5. The SMILES string of the molecule is COc1ccc(C2c3ccsc3CCN2C(=O)CN(CC(C)C)C(=O)c2ccco2)cc1. The molecule has 0 N–H and O–H groups in total. The number of benzene rings is 1. The molecule has 0 radical (unpaired) electrons. The first-order chi connectivity index (χ1) is 15.5. The lowest BCUT2D eigenvalue weighted by atomic mass is 9.93. The first-order valence-corrected chi connectivity index (χ1v) is 11.7. The zero-order valence-electron chi connectivity index (χ0n) is 18.6. The predicted octanol–water partition coefficient (Wildman–Crippen LogP) is 4.62. The maximum Gasteiger partial charge on any atom is 0.290 e. The molecule has 0 aliphatic carbocycles. The smallest absolute Gasteiger partial charge is 0.290 e. The molecule has 1 aliphatic rings. The number of fused-ring (bicyclic) bond motifs is 1. The van der Waals surface area contributed by atoms with E-state index < -0.39 is 0 Å². The Morgan fingerprint density at radius 1 is 1.22 bits per heavy atom. The third-order valence-electron chi connectivity index (χ3n) is 5.65. The molecule has 0 saturated heterocycles. The molecule has 0 spiro atoms. The Morgan fingerprint density at radius 3 is 2.66 bits per heavy atom. The topological polar surface area (TPSA) is 63.0 Å². The van der Waals surface area contributed by atoms with Gasteiger partial charge in [-0.25, -0.2) is 0 Å². The first kappa shape index (κ1) is 22.1. The predicted molar refractivity (Wildman–Crippen MR) is 124 cm³/mol. The second-order valence-electron chi connectivity index (χ2n) is 8.37. The molecular weight excluding hydrogens is 424 g/mol. The Kier molecular flexibility index (Phi) is 6.65. The Balaban J connectivity index is 1.61. The van der Waals surface area contributed by atoms with Crippen LogP contribution in [0.15, 0.2) is 58.5 Å². The molecule has 3 heterocycles. The quantitative estimate of drug-likeness (QED) is 0.525. The number of amides is 2. The molecule has 168 valence electrons. The van der Waals surface area contributed by atoms with E-state index in [9.17, 15) is 9.59 Å². The number of furan rings is 1. The number of thiophene rings is 1. The highest BCUT2D eigenvalue weighted by Crippen LogP contribution is 2.38. The number of carbonyl (C=O) groups is 2. The van der Waals surface area contributed by atoms with Crippen LogP contribution in [-0.4, -0.2) is 48.4 Å². The maximum absolute atomic E-state index is 13.6. The lowest BCUT2D eigenvalue weighted by molar-refractivity contribution is -0.134. The third-order valence-corrected chi connectivity index (χ3v) is 6.65. The standard InChI is InChI=1S/C25H28N2O4S/c1-17(2)15-26(25(29)21-5-4-13-31-21)16-23(28)27-12-10-22-20(11-14-32-22)24(27)18-6-8-19(30-3)9-7-18/h4-9,11,13-14,17,24H,10,12,15-16H2,1-3H3. The molecule has 0 saturated carbocycles. The van der Waals surface area contributed by atoms with Gasteiger partial charge in [-0.3, -0.25) is 9.59 Å². The highest BCUT2D eigenvalue weighted by atomic mass is 32.1. The maximum atomic E-state index is 13.6. The number of carbonyl (C=O) groups excluding carboxylic acids is 2.